The van der Waals surface area contributed by atoms with E-state index < -0.39 is 20.0 Å². The van der Waals surface area contributed by atoms with Gasteiger partial charge in [-0.05, 0) is 54.3 Å². The molecular formula is C28H35N3O5S2. The molecule has 204 valence electrons. The zero-order valence-electron chi connectivity index (χ0n) is 22.1. The molecule has 1 fully saturated rings. The lowest BCUT2D eigenvalue weighted by Crippen LogP contribution is -2.48. The summed E-state index contributed by atoms with van der Waals surface area (Å²) in [6, 6.07) is 21.6. The van der Waals surface area contributed by atoms with Crippen LogP contribution in [0.5, 0.6) is 5.75 Å². The molecule has 3 aromatic rings. The van der Waals surface area contributed by atoms with Crippen LogP contribution in [0.1, 0.15) is 18.1 Å². The van der Waals surface area contributed by atoms with Crippen LogP contribution in [0.4, 0.5) is 5.69 Å². The second-order valence-corrected chi connectivity index (χ2v) is 13.3. The van der Waals surface area contributed by atoms with Gasteiger partial charge in [0.15, 0.2) is 0 Å². The third-order valence-corrected chi connectivity index (χ3v) is 10.7. The lowest BCUT2D eigenvalue weighted by atomic mass is 10.2. The van der Waals surface area contributed by atoms with Gasteiger partial charge in [0.2, 0.25) is 20.0 Å². The predicted molar refractivity (Wildman–Crippen MR) is 150 cm³/mol. The fraction of sp³-hybridized carbons (Fsp3) is 0.357. The molecule has 0 spiro atoms. The highest BCUT2D eigenvalue weighted by molar-refractivity contribution is 7.89. The van der Waals surface area contributed by atoms with Gasteiger partial charge in [0.05, 0.1) is 22.6 Å². The number of likely N-dealkylation sites (N-methyl/N-ethyl adjacent to an activating group) is 1. The second-order valence-electron chi connectivity index (χ2n) is 9.28. The first-order valence-corrected chi connectivity index (χ1v) is 15.6. The van der Waals surface area contributed by atoms with Gasteiger partial charge in [0.1, 0.15) is 5.75 Å². The highest BCUT2D eigenvalue weighted by atomic mass is 32.2. The molecule has 0 bridgehead atoms. The Labute approximate surface area is 226 Å². The summed E-state index contributed by atoms with van der Waals surface area (Å²) < 4.78 is 61.4. The van der Waals surface area contributed by atoms with Crippen LogP contribution in [0.15, 0.2) is 82.6 Å². The summed E-state index contributed by atoms with van der Waals surface area (Å²) in [7, 11) is -4.21. The minimum Gasteiger partial charge on any atom is -0.495 e. The first-order chi connectivity index (χ1) is 18.2. The minimum atomic E-state index is -3.73. The molecule has 0 saturated carbocycles. The maximum absolute atomic E-state index is 13.4. The Bertz CT molecular complexity index is 1440. The molecule has 1 aliphatic rings. The minimum absolute atomic E-state index is 0.176. The van der Waals surface area contributed by atoms with Gasteiger partial charge in [-0.1, -0.05) is 49.4 Å². The molecule has 1 aliphatic heterocycles. The van der Waals surface area contributed by atoms with Gasteiger partial charge >= 0.3 is 0 Å². The van der Waals surface area contributed by atoms with Crippen molar-refractivity contribution in [2.45, 2.75) is 29.6 Å². The van der Waals surface area contributed by atoms with E-state index in [1.165, 1.54) is 8.61 Å². The summed E-state index contributed by atoms with van der Waals surface area (Å²) in [4.78, 5) is 2.44. The highest BCUT2D eigenvalue weighted by Gasteiger charge is 2.30. The summed E-state index contributed by atoms with van der Waals surface area (Å²) in [5, 5.41) is 0. The maximum Gasteiger partial charge on any atom is 0.243 e. The molecule has 4 rings (SSSR count). The molecule has 0 atom stereocenters. The van der Waals surface area contributed by atoms with Crippen molar-refractivity contribution in [3.63, 3.8) is 0 Å². The van der Waals surface area contributed by atoms with Gasteiger partial charge < -0.3 is 9.64 Å². The smallest absolute Gasteiger partial charge is 0.243 e. The molecule has 8 nitrogen and oxygen atoms in total. The summed E-state index contributed by atoms with van der Waals surface area (Å²) in [5.41, 5.74) is 2.79. The molecule has 1 heterocycles. The van der Waals surface area contributed by atoms with Crippen LogP contribution < -0.4 is 9.64 Å². The summed E-state index contributed by atoms with van der Waals surface area (Å²) in [5.74, 6) is 0.544. The second kappa shape index (κ2) is 11.9. The number of anilines is 1. The number of piperazine rings is 1. The number of hydrogen-bond acceptors (Lipinski definition) is 6. The molecule has 0 unspecified atom stereocenters. The molecule has 3 aromatic carbocycles. The number of benzene rings is 3. The fourth-order valence-corrected chi connectivity index (χ4v) is 7.14. The average Bonchev–Trinajstić information content (AvgIpc) is 2.96. The molecule has 0 aliphatic carbocycles. The van der Waals surface area contributed by atoms with Crippen molar-refractivity contribution in [1.29, 1.82) is 0 Å². The van der Waals surface area contributed by atoms with Crippen molar-refractivity contribution in [3.8, 4) is 5.75 Å². The van der Waals surface area contributed by atoms with E-state index in [4.69, 9.17) is 4.74 Å². The molecule has 0 aromatic heterocycles. The molecule has 0 amide bonds. The maximum atomic E-state index is 13.4. The Balaban J connectivity index is 1.48. The molecular weight excluding hydrogens is 522 g/mol. The monoisotopic (exact) mass is 557 g/mol. The van der Waals surface area contributed by atoms with E-state index in [2.05, 4.69) is 0 Å². The quantitative estimate of drug-likeness (QED) is 0.378. The number of nitrogens with zero attached hydrogens (tertiary/aromatic N) is 3. The van der Waals surface area contributed by atoms with Crippen molar-refractivity contribution >= 4 is 25.7 Å². The number of aryl methyl sites for hydroxylation is 1. The van der Waals surface area contributed by atoms with Gasteiger partial charge in [-0.2, -0.15) is 4.31 Å². The van der Waals surface area contributed by atoms with E-state index >= 15 is 0 Å². The van der Waals surface area contributed by atoms with Gasteiger partial charge in [0, 0.05) is 39.8 Å². The summed E-state index contributed by atoms with van der Waals surface area (Å²) >= 11 is 0. The van der Waals surface area contributed by atoms with Crippen molar-refractivity contribution in [2.24, 2.45) is 0 Å². The van der Waals surface area contributed by atoms with Gasteiger partial charge in [-0.25, -0.2) is 21.1 Å². The van der Waals surface area contributed by atoms with E-state index in [0.717, 1.165) is 17.5 Å². The van der Waals surface area contributed by atoms with Crippen LogP contribution in [-0.4, -0.2) is 72.3 Å². The van der Waals surface area contributed by atoms with E-state index in [0.29, 0.717) is 37.5 Å². The first-order valence-electron chi connectivity index (χ1n) is 12.7. The van der Waals surface area contributed by atoms with Crippen LogP contribution in [0.3, 0.4) is 0 Å². The highest BCUT2D eigenvalue weighted by Crippen LogP contribution is 2.33. The van der Waals surface area contributed by atoms with E-state index in [-0.39, 0.29) is 22.9 Å². The SMILES string of the molecule is CCc1ccc(S(=O)(=O)N2CCN(c3cc(S(=O)(=O)N(C)CCc4ccccc4)ccc3OC)CC2)cc1. The van der Waals surface area contributed by atoms with E-state index in [1.54, 1.807) is 44.5 Å². The number of hydrogen-bond donors (Lipinski definition) is 0. The first kappa shape index (κ1) is 28.1. The topological polar surface area (TPSA) is 87.2 Å². The predicted octanol–water partition coefficient (Wildman–Crippen LogP) is 3.63. The van der Waals surface area contributed by atoms with Crippen LogP contribution in [0, 0.1) is 0 Å². The largest absolute Gasteiger partial charge is 0.495 e. The fourth-order valence-electron chi connectivity index (χ4n) is 4.52. The number of methoxy groups -OCH3 is 1. The zero-order valence-corrected chi connectivity index (χ0v) is 23.7. The lowest BCUT2D eigenvalue weighted by molar-refractivity contribution is 0.378. The van der Waals surface area contributed by atoms with Gasteiger partial charge in [-0.3, -0.25) is 0 Å². The van der Waals surface area contributed by atoms with Gasteiger partial charge in [-0.15, -0.1) is 0 Å². The standard InChI is InChI=1S/C28H35N3O5S2/c1-4-23-10-12-25(13-11-23)38(34,35)31-20-18-30(19-21-31)27-22-26(14-15-28(27)36-3)37(32,33)29(2)17-16-24-8-6-5-7-9-24/h5-15,22H,4,16-21H2,1-3H3. The number of ether oxygens (including phenoxy) is 1. The Morgan fingerprint density at radius 3 is 2.05 bits per heavy atom. The van der Waals surface area contributed by atoms with Crippen LogP contribution in [0.25, 0.3) is 0 Å². The third-order valence-electron chi connectivity index (χ3n) is 6.97. The summed E-state index contributed by atoms with van der Waals surface area (Å²) in [6.45, 7) is 3.78. The van der Waals surface area contributed by atoms with E-state index in [1.807, 2.05) is 54.3 Å². The van der Waals surface area contributed by atoms with Crippen molar-refractivity contribution in [3.05, 3.63) is 83.9 Å². The molecule has 38 heavy (non-hydrogen) atoms. The normalized spacial score (nSPS) is 15.1. The summed E-state index contributed by atoms with van der Waals surface area (Å²) in [6.07, 6.45) is 1.45. The molecule has 10 heteroatoms. The lowest BCUT2D eigenvalue weighted by Gasteiger charge is -2.36. The van der Waals surface area contributed by atoms with Crippen LogP contribution >= 0.6 is 0 Å². The Kier molecular flexibility index (Phi) is 8.77. The van der Waals surface area contributed by atoms with Crippen molar-refractivity contribution in [2.75, 3.05) is 51.8 Å². The number of sulfonamides is 2. The zero-order chi connectivity index (χ0) is 27.3. The van der Waals surface area contributed by atoms with Crippen LogP contribution in [0.2, 0.25) is 0 Å². The van der Waals surface area contributed by atoms with Crippen molar-refractivity contribution in [1.82, 2.24) is 8.61 Å². The van der Waals surface area contributed by atoms with Gasteiger partial charge in [0.25, 0.3) is 0 Å². The molecule has 0 N–H and O–H groups in total. The van der Waals surface area contributed by atoms with Crippen LogP contribution in [-0.2, 0) is 32.9 Å². The molecule has 1 saturated heterocycles. The Morgan fingerprint density at radius 1 is 0.816 bits per heavy atom. The average molecular weight is 558 g/mol. The number of rotatable bonds is 10. The van der Waals surface area contributed by atoms with E-state index in [9.17, 15) is 16.8 Å². The Morgan fingerprint density at radius 2 is 1.45 bits per heavy atom. The molecule has 0 radical (unpaired) electrons. The Hall–Kier alpha value is -2.92. The third kappa shape index (κ3) is 6.04. The van der Waals surface area contributed by atoms with Crippen molar-refractivity contribution < 1.29 is 21.6 Å².